The number of carbonyl (C=O) groups is 2. The van der Waals surface area contributed by atoms with Crippen LogP contribution in [0.3, 0.4) is 0 Å². The zero-order valence-corrected chi connectivity index (χ0v) is 25.6. The molecule has 1 spiro atoms. The number of aliphatic hydroxyl groups excluding tert-OH is 1. The van der Waals surface area contributed by atoms with Crippen molar-refractivity contribution in [2.24, 2.45) is 50.7 Å². The molecule has 5 saturated carbocycles. The van der Waals surface area contributed by atoms with Gasteiger partial charge in [-0.05, 0) is 106 Å². The summed E-state index contributed by atoms with van der Waals surface area (Å²) in [5, 5.41) is 32.5. The lowest BCUT2D eigenvalue weighted by atomic mass is 9.36. The van der Waals surface area contributed by atoms with Crippen molar-refractivity contribution in [3.8, 4) is 0 Å². The number of carboxylic acids is 1. The Bertz CT molecular complexity index is 1080. The van der Waals surface area contributed by atoms with E-state index in [9.17, 15) is 24.9 Å². The van der Waals surface area contributed by atoms with E-state index in [1.54, 1.807) is 0 Å². The Morgan fingerprint density at radius 3 is 2.33 bits per heavy atom. The van der Waals surface area contributed by atoms with Gasteiger partial charge in [0.1, 0.15) is 11.2 Å². The quantitative estimate of drug-likeness (QED) is 0.205. The summed E-state index contributed by atoms with van der Waals surface area (Å²) in [4.78, 5) is 25.5. The molecule has 0 aliphatic heterocycles. The standard InChI is InChI=1S/C32H49ClO6/c1-18(2)9-8-11-30(26(36)37)17-31(30)23-15-22(35)25-27(5)13-14-32(33,38)19(3)21(27)10-12-28(25,6)29(23,7)16-24(31)39-20(4)34/h9,19,21-25,35,38H,8,10-17H2,1-7H3,(H,36,37)/t19-,21-,22+,23+,24-,25?,27-,28-,29-,30+,31+,32+/m0/s1. The van der Waals surface area contributed by atoms with E-state index in [-0.39, 0.29) is 45.9 Å². The highest BCUT2D eigenvalue weighted by Crippen LogP contribution is 2.85. The van der Waals surface area contributed by atoms with E-state index in [1.165, 1.54) is 6.92 Å². The molecule has 0 aromatic rings. The number of carboxylic acid groups (broad SMARTS) is 1. The maximum atomic E-state index is 13.1. The predicted molar refractivity (Wildman–Crippen MR) is 150 cm³/mol. The second kappa shape index (κ2) is 8.94. The highest BCUT2D eigenvalue weighted by Gasteiger charge is 2.86. The van der Waals surface area contributed by atoms with Gasteiger partial charge in [-0.15, -0.1) is 0 Å². The summed E-state index contributed by atoms with van der Waals surface area (Å²) in [6.07, 6.45) is 6.90. The first-order valence-corrected chi connectivity index (χ1v) is 15.4. The van der Waals surface area contributed by atoms with Gasteiger partial charge >= 0.3 is 11.9 Å². The molecule has 5 rings (SSSR count). The van der Waals surface area contributed by atoms with Crippen molar-refractivity contribution in [1.29, 1.82) is 0 Å². The normalized spacial score (nSPS) is 53.8. The van der Waals surface area contributed by atoms with Gasteiger partial charge in [-0.2, -0.15) is 0 Å². The molecule has 6 nitrogen and oxygen atoms in total. The molecule has 3 N–H and O–H groups in total. The van der Waals surface area contributed by atoms with Gasteiger partial charge in [0.2, 0.25) is 0 Å². The molecule has 1 unspecified atom stereocenters. The first-order chi connectivity index (χ1) is 17.9. The minimum atomic E-state index is -1.22. The number of fused-ring (bicyclic) bond motifs is 6. The lowest BCUT2D eigenvalue weighted by molar-refractivity contribution is -0.244. The van der Waals surface area contributed by atoms with Crippen molar-refractivity contribution in [2.45, 2.75) is 124 Å². The molecule has 0 amide bonds. The van der Waals surface area contributed by atoms with Crippen LogP contribution in [0.4, 0.5) is 0 Å². The Labute approximate surface area is 238 Å². The monoisotopic (exact) mass is 564 g/mol. The number of halogens is 1. The van der Waals surface area contributed by atoms with Crippen LogP contribution in [-0.4, -0.2) is 44.5 Å². The number of aliphatic carboxylic acids is 1. The van der Waals surface area contributed by atoms with Crippen LogP contribution < -0.4 is 0 Å². The number of aliphatic hydroxyl groups is 2. The summed E-state index contributed by atoms with van der Waals surface area (Å²) < 4.78 is 6.07. The third-order valence-electron chi connectivity index (χ3n) is 13.5. The lowest BCUT2D eigenvalue weighted by Crippen LogP contribution is -2.66. The molecular weight excluding hydrogens is 516 g/mol. The average molecular weight is 565 g/mol. The molecule has 5 fully saturated rings. The summed E-state index contributed by atoms with van der Waals surface area (Å²) in [5.41, 5.74) is -1.22. The van der Waals surface area contributed by atoms with Crippen molar-refractivity contribution in [2.75, 3.05) is 0 Å². The SMILES string of the molecule is CC(=O)O[C@H]1C[C@@]2(C)[C@@H](C[C@@H](O)C3[C@]2(C)CC[C@H]2[C@H](C)[C@@](O)(Cl)CC[C@]32C)[C@]12C[C@]2(CCC=C(C)C)C(=O)O. The van der Waals surface area contributed by atoms with E-state index in [4.69, 9.17) is 16.3 Å². The number of carbonyl (C=O) groups excluding carboxylic acids is 1. The maximum absolute atomic E-state index is 13.1. The molecule has 0 aromatic heterocycles. The van der Waals surface area contributed by atoms with Crippen LogP contribution in [0.25, 0.3) is 0 Å². The Kier molecular flexibility index (Phi) is 6.74. The number of ether oxygens (including phenoxy) is 1. The van der Waals surface area contributed by atoms with Crippen LogP contribution in [0.5, 0.6) is 0 Å². The molecule has 7 heteroatoms. The predicted octanol–water partition coefficient (Wildman–Crippen LogP) is 6.31. The van der Waals surface area contributed by atoms with Crippen molar-refractivity contribution in [3.05, 3.63) is 11.6 Å². The molecule has 220 valence electrons. The van der Waals surface area contributed by atoms with E-state index >= 15 is 0 Å². The number of hydrogen-bond donors (Lipinski definition) is 3. The van der Waals surface area contributed by atoms with Gasteiger partial charge in [-0.3, -0.25) is 9.59 Å². The topological polar surface area (TPSA) is 104 Å². The maximum Gasteiger partial charge on any atom is 0.310 e. The van der Waals surface area contributed by atoms with Crippen molar-refractivity contribution in [3.63, 3.8) is 0 Å². The third-order valence-corrected chi connectivity index (χ3v) is 14.0. The Morgan fingerprint density at radius 1 is 1.08 bits per heavy atom. The van der Waals surface area contributed by atoms with E-state index in [1.807, 2.05) is 13.8 Å². The second-order valence-electron chi connectivity index (χ2n) is 15.2. The third kappa shape index (κ3) is 3.72. The van der Waals surface area contributed by atoms with Gasteiger partial charge in [0.25, 0.3) is 0 Å². The zero-order valence-electron chi connectivity index (χ0n) is 24.8. The summed E-state index contributed by atoms with van der Waals surface area (Å²) >= 11 is 6.59. The van der Waals surface area contributed by atoms with E-state index in [0.717, 1.165) is 24.8 Å². The van der Waals surface area contributed by atoms with Crippen molar-refractivity contribution < 1.29 is 29.6 Å². The van der Waals surface area contributed by atoms with Gasteiger partial charge in [0, 0.05) is 18.3 Å². The molecule has 39 heavy (non-hydrogen) atoms. The van der Waals surface area contributed by atoms with E-state index in [0.29, 0.717) is 38.5 Å². The Morgan fingerprint density at radius 2 is 1.74 bits per heavy atom. The minimum absolute atomic E-state index is 0.00278. The molecule has 5 aliphatic rings. The van der Waals surface area contributed by atoms with Crippen molar-refractivity contribution >= 4 is 23.5 Å². The highest BCUT2D eigenvalue weighted by atomic mass is 35.5. The van der Waals surface area contributed by atoms with E-state index in [2.05, 4.69) is 33.8 Å². The summed E-state index contributed by atoms with van der Waals surface area (Å²) in [6.45, 7) is 14.4. The fraction of sp³-hybridized carbons (Fsp3) is 0.875. The van der Waals surface area contributed by atoms with Crippen LogP contribution in [0.2, 0.25) is 0 Å². The summed E-state index contributed by atoms with van der Waals surface area (Å²) in [5.74, 6) is -1.11. The molecule has 0 radical (unpaired) electrons. The second-order valence-corrected chi connectivity index (χ2v) is 15.8. The number of rotatable bonds is 5. The van der Waals surface area contributed by atoms with Crippen LogP contribution >= 0.6 is 11.6 Å². The van der Waals surface area contributed by atoms with Gasteiger partial charge < -0.3 is 20.1 Å². The minimum Gasteiger partial charge on any atom is -0.481 e. The number of hydrogen-bond acceptors (Lipinski definition) is 5. The Hall–Kier alpha value is -1.11. The fourth-order valence-electron chi connectivity index (χ4n) is 11.5. The molecular formula is C32H49ClO6. The molecule has 0 saturated heterocycles. The summed E-state index contributed by atoms with van der Waals surface area (Å²) in [6, 6.07) is 0. The smallest absolute Gasteiger partial charge is 0.310 e. The number of alkyl halides is 1. The highest BCUT2D eigenvalue weighted by molar-refractivity contribution is 6.22. The summed E-state index contributed by atoms with van der Waals surface area (Å²) in [7, 11) is 0. The van der Waals surface area contributed by atoms with Crippen LogP contribution in [0, 0.1) is 50.7 Å². The lowest BCUT2D eigenvalue weighted by Gasteiger charge is -2.69. The zero-order chi connectivity index (χ0) is 29.0. The molecule has 0 bridgehead atoms. The first-order valence-electron chi connectivity index (χ1n) is 15.1. The Balaban J connectivity index is 1.58. The first kappa shape index (κ1) is 29.4. The number of allylic oxidation sites excluding steroid dienone is 2. The van der Waals surface area contributed by atoms with Gasteiger partial charge in [0.15, 0.2) is 0 Å². The molecule has 12 atom stereocenters. The van der Waals surface area contributed by atoms with E-state index < -0.39 is 34.1 Å². The van der Waals surface area contributed by atoms with Gasteiger partial charge in [0.05, 0.1) is 11.5 Å². The van der Waals surface area contributed by atoms with Gasteiger partial charge in [-0.1, -0.05) is 50.9 Å². The fourth-order valence-corrected chi connectivity index (χ4v) is 11.8. The van der Waals surface area contributed by atoms with Crippen LogP contribution in [0.1, 0.15) is 106 Å². The largest absolute Gasteiger partial charge is 0.481 e. The average Bonchev–Trinajstić information content (AvgIpc) is 3.43. The number of esters is 1. The molecule has 5 aliphatic carbocycles. The van der Waals surface area contributed by atoms with Gasteiger partial charge in [-0.25, -0.2) is 0 Å². The van der Waals surface area contributed by atoms with Crippen LogP contribution in [0.15, 0.2) is 11.6 Å². The van der Waals surface area contributed by atoms with Crippen molar-refractivity contribution in [1.82, 2.24) is 0 Å². The molecule has 0 heterocycles. The van der Waals surface area contributed by atoms with Crippen LogP contribution in [-0.2, 0) is 14.3 Å². The molecule has 0 aromatic carbocycles.